The first kappa shape index (κ1) is 20.6. The number of benzene rings is 2. The molecule has 0 bridgehead atoms. The molecule has 1 amide bonds. The Morgan fingerprint density at radius 1 is 1.10 bits per heavy atom. The van der Waals surface area contributed by atoms with Crippen LogP contribution in [0, 0.1) is 6.92 Å². The standard InChI is InChI=1S/C22H21ClN2O4/c1-14(2)25(16-9-5-4-6-10-16)19(26)13-28-22(27)20-15(3)29-24-21(20)17-11-7-8-12-18(17)23/h4-12,14H,13H2,1-3H3. The lowest BCUT2D eigenvalue weighted by Crippen LogP contribution is -2.39. The van der Waals surface area contributed by atoms with Gasteiger partial charge in [0.2, 0.25) is 0 Å². The third-order valence-electron chi connectivity index (χ3n) is 4.34. The Morgan fingerprint density at radius 2 is 1.76 bits per heavy atom. The number of ether oxygens (including phenoxy) is 1. The smallest absolute Gasteiger partial charge is 0.344 e. The highest BCUT2D eigenvalue weighted by Crippen LogP contribution is 2.31. The highest BCUT2D eigenvalue weighted by Gasteiger charge is 2.26. The van der Waals surface area contributed by atoms with E-state index < -0.39 is 12.6 Å². The number of nitrogens with zero attached hydrogens (tertiary/aromatic N) is 2. The van der Waals surface area contributed by atoms with Gasteiger partial charge in [-0.1, -0.05) is 53.2 Å². The van der Waals surface area contributed by atoms with Crippen LogP contribution in [0.25, 0.3) is 11.3 Å². The summed E-state index contributed by atoms with van der Waals surface area (Å²) in [5.41, 5.74) is 1.73. The third kappa shape index (κ3) is 4.49. The van der Waals surface area contributed by atoms with E-state index in [0.717, 1.165) is 5.69 Å². The van der Waals surface area contributed by atoms with Gasteiger partial charge in [0.05, 0.1) is 5.02 Å². The lowest BCUT2D eigenvalue weighted by molar-refractivity contribution is -0.122. The Kier molecular flexibility index (Phi) is 6.34. The van der Waals surface area contributed by atoms with Crippen molar-refractivity contribution in [1.82, 2.24) is 5.16 Å². The van der Waals surface area contributed by atoms with Gasteiger partial charge in [0.25, 0.3) is 5.91 Å². The molecule has 0 fully saturated rings. The average molecular weight is 413 g/mol. The number of carbonyl (C=O) groups is 2. The van der Waals surface area contributed by atoms with Crippen molar-refractivity contribution in [1.29, 1.82) is 0 Å². The molecule has 1 aromatic heterocycles. The maximum absolute atomic E-state index is 12.7. The predicted octanol–water partition coefficient (Wildman–Crippen LogP) is 4.90. The van der Waals surface area contributed by atoms with Gasteiger partial charge in [-0.15, -0.1) is 0 Å². The van der Waals surface area contributed by atoms with Crippen LogP contribution in [0.4, 0.5) is 5.69 Å². The van der Waals surface area contributed by atoms with Gasteiger partial charge in [-0.3, -0.25) is 4.79 Å². The summed E-state index contributed by atoms with van der Waals surface area (Å²) in [7, 11) is 0. The first-order chi connectivity index (χ1) is 13.9. The molecule has 0 aliphatic rings. The van der Waals surface area contributed by atoms with Crippen LogP contribution in [0.15, 0.2) is 59.1 Å². The van der Waals surface area contributed by atoms with Crippen LogP contribution in [-0.4, -0.2) is 29.7 Å². The number of amides is 1. The second-order valence-corrected chi connectivity index (χ2v) is 7.12. The number of hydrogen-bond acceptors (Lipinski definition) is 5. The lowest BCUT2D eigenvalue weighted by atomic mass is 10.1. The van der Waals surface area contributed by atoms with E-state index in [4.69, 9.17) is 20.9 Å². The van der Waals surface area contributed by atoms with Gasteiger partial charge < -0.3 is 14.2 Å². The molecule has 0 unspecified atom stereocenters. The lowest BCUT2D eigenvalue weighted by Gasteiger charge is -2.26. The predicted molar refractivity (Wildman–Crippen MR) is 111 cm³/mol. The van der Waals surface area contributed by atoms with Crippen molar-refractivity contribution in [2.45, 2.75) is 26.8 Å². The van der Waals surface area contributed by atoms with E-state index in [1.807, 2.05) is 44.2 Å². The molecule has 7 heteroatoms. The number of aromatic nitrogens is 1. The van der Waals surface area contributed by atoms with E-state index in [-0.39, 0.29) is 23.2 Å². The molecule has 3 rings (SSSR count). The highest BCUT2D eigenvalue weighted by atomic mass is 35.5. The van der Waals surface area contributed by atoms with Crippen molar-refractivity contribution in [2.75, 3.05) is 11.5 Å². The minimum atomic E-state index is -0.691. The van der Waals surface area contributed by atoms with Gasteiger partial charge >= 0.3 is 5.97 Å². The fourth-order valence-corrected chi connectivity index (χ4v) is 3.26. The molecule has 0 aliphatic heterocycles. The maximum Gasteiger partial charge on any atom is 0.344 e. The second kappa shape index (κ2) is 8.92. The summed E-state index contributed by atoms with van der Waals surface area (Å²) in [6.45, 7) is 4.99. The number of anilines is 1. The van der Waals surface area contributed by atoms with Crippen LogP contribution in [-0.2, 0) is 9.53 Å². The van der Waals surface area contributed by atoms with E-state index in [9.17, 15) is 9.59 Å². The summed E-state index contributed by atoms with van der Waals surface area (Å²) >= 11 is 6.22. The Balaban J connectivity index is 1.79. The number of hydrogen-bond donors (Lipinski definition) is 0. The molecule has 3 aromatic rings. The highest BCUT2D eigenvalue weighted by molar-refractivity contribution is 6.33. The molecule has 0 spiro atoms. The van der Waals surface area contributed by atoms with Crippen LogP contribution in [0.3, 0.4) is 0 Å². The van der Waals surface area contributed by atoms with E-state index >= 15 is 0 Å². The zero-order valence-corrected chi connectivity index (χ0v) is 17.1. The van der Waals surface area contributed by atoms with Crippen molar-refractivity contribution < 1.29 is 18.8 Å². The monoisotopic (exact) mass is 412 g/mol. The van der Waals surface area contributed by atoms with Crippen molar-refractivity contribution in [3.63, 3.8) is 0 Å². The molecular formula is C22H21ClN2O4. The SMILES string of the molecule is Cc1onc(-c2ccccc2Cl)c1C(=O)OCC(=O)N(c1ccccc1)C(C)C. The van der Waals surface area contributed by atoms with Gasteiger partial charge in [0, 0.05) is 17.3 Å². The van der Waals surface area contributed by atoms with Crippen LogP contribution in [0.2, 0.25) is 5.02 Å². The van der Waals surface area contributed by atoms with E-state index in [1.54, 1.807) is 36.1 Å². The summed E-state index contributed by atoms with van der Waals surface area (Å²) in [4.78, 5) is 27.1. The van der Waals surface area contributed by atoms with Crippen LogP contribution >= 0.6 is 11.6 Å². The van der Waals surface area contributed by atoms with Crippen LogP contribution < -0.4 is 4.90 Å². The Labute approximate surface area is 174 Å². The van der Waals surface area contributed by atoms with Gasteiger partial charge in [-0.2, -0.15) is 0 Å². The Hall–Kier alpha value is -3.12. The number of rotatable bonds is 6. The molecule has 0 N–H and O–H groups in total. The third-order valence-corrected chi connectivity index (χ3v) is 4.67. The Bertz CT molecular complexity index is 1010. The first-order valence-corrected chi connectivity index (χ1v) is 9.53. The van der Waals surface area contributed by atoms with Crippen molar-refractivity contribution in [3.8, 4) is 11.3 Å². The van der Waals surface area contributed by atoms with Crippen LogP contribution in [0.5, 0.6) is 0 Å². The molecule has 29 heavy (non-hydrogen) atoms. The first-order valence-electron chi connectivity index (χ1n) is 9.15. The zero-order valence-electron chi connectivity index (χ0n) is 16.4. The van der Waals surface area contributed by atoms with E-state index in [2.05, 4.69) is 5.16 Å². The van der Waals surface area contributed by atoms with Crippen LogP contribution in [0.1, 0.15) is 30.0 Å². The molecule has 0 radical (unpaired) electrons. The minimum Gasteiger partial charge on any atom is -0.452 e. The number of esters is 1. The van der Waals surface area contributed by atoms with Gasteiger partial charge in [-0.25, -0.2) is 4.79 Å². The molecular weight excluding hydrogens is 392 g/mol. The summed E-state index contributed by atoms with van der Waals surface area (Å²) in [5, 5.41) is 4.38. The maximum atomic E-state index is 12.7. The van der Waals surface area contributed by atoms with E-state index in [0.29, 0.717) is 16.3 Å². The van der Waals surface area contributed by atoms with Crippen molar-refractivity contribution >= 4 is 29.2 Å². The number of halogens is 1. The Morgan fingerprint density at radius 3 is 2.41 bits per heavy atom. The fourth-order valence-electron chi connectivity index (χ4n) is 3.04. The summed E-state index contributed by atoms with van der Waals surface area (Å²) < 4.78 is 10.5. The molecule has 2 aromatic carbocycles. The second-order valence-electron chi connectivity index (χ2n) is 6.71. The average Bonchev–Trinajstić information content (AvgIpc) is 3.08. The largest absolute Gasteiger partial charge is 0.452 e. The molecule has 6 nitrogen and oxygen atoms in total. The van der Waals surface area contributed by atoms with Gasteiger partial charge in [0.15, 0.2) is 6.61 Å². The summed E-state index contributed by atoms with van der Waals surface area (Å²) in [6, 6.07) is 16.1. The van der Waals surface area contributed by atoms with Crippen molar-refractivity contribution in [3.05, 3.63) is 70.9 Å². The zero-order chi connectivity index (χ0) is 21.0. The van der Waals surface area contributed by atoms with Crippen molar-refractivity contribution in [2.24, 2.45) is 0 Å². The molecule has 0 aliphatic carbocycles. The molecule has 1 heterocycles. The van der Waals surface area contributed by atoms with Gasteiger partial charge in [-0.05, 0) is 39.0 Å². The van der Waals surface area contributed by atoms with Gasteiger partial charge in [0.1, 0.15) is 17.0 Å². The summed E-state index contributed by atoms with van der Waals surface area (Å²) in [5.74, 6) is -0.724. The number of aryl methyl sites for hydroxylation is 1. The molecule has 0 atom stereocenters. The van der Waals surface area contributed by atoms with E-state index in [1.165, 1.54) is 0 Å². The topological polar surface area (TPSA) is 72.6 Å². The fraction of sp³-hybridized carbons (Fsp3) is 0.227. The number of carbonyl (C=O) groups excluding carboxylic acids is 2. The minimum absolute atomic E-state index is 0.0976. The molecule has 0 saturated carbocycles. The molecule has 150 valence electrons. The normalized spacial score (nSPS) is 10.8. The number of para-hydroxylation sites is 1. The summed E-state index contributed by atoms with van der Waals surface area (Å²) in [6.07, 6.45) is 0. The molecule has 0 saturated heterocycles. The quantitative estimate of drug-likeness (QED) is 0.538.